The van der Waals surface area contributed by atoms with E-state index in [1.54, 1.807) is 0 Å². The van der Waals surface area contributed by atoms with Crippen LogP contribution in [0.4, 0.5) is 0 Å². The molecule has 8 heteroatoms. The summed E-state index contributed by atoms with van der Waals surface area (Å²) in [6.07, 6.45) is 2.64. The molecule has 0 bridgehead atoms. The Hall–Kier alpha value is -0.960. The zero-order chi connectivity index (χ0) is 14.1. The highest BCUT2D eigenvalue weighted by atomic mass is 32.2. The molecule has 0 aliphatic heterocycles. The highest BCUT2D eigenvalue weighted by Gasteiger charge is 2.25. The molecule has 1 N–H and O–H groups in total. The first-order valence-corrected chi connectivity index (χ1v) is 7.71. The minimum absolute atomic E-state index is 0.0838. The van der Waals surface area contributed by atoms with Crippen molar-refractivity contribution in [2.75, 3.05) is 39.5 Å². The van der Waals surface area contributed by atoms with Gasteiger partial charge in [-0.05, 0) is 13.8 Å². The Morgan fingerprint density at radius 3 is 2.21 bits per heavy atom. The highest BCUT2D eigenvalue weighted by molar-refractivity contribution is 7.89. The van der Waals surface area contributed by atoms with Crippen LogP contribution >= 0.6 is 0 Å². The largest absolute Gasteiger partial charge is 0.380 e. The average Bonchev–Trinajstić information content (AvgIpc) is 2.91. The number of ether oxygens (including phenoxy) is 2. The molecule has 0 aromatic carbocycles. The molecular weight excluding hydrogens is 270 g/mol. The number of aromatic nitrogens is 2. The van der Waals surface area contributed by atoms with Crippen molar-refractivity contribution in [3.63, 3.8) is 0 Å². The first-order chi connectivity index (χ1) is 9.12. The third kappa shape index (κ3) is 4.90. The van der Waals surface area contributed by atoms with Crippen molar-refractivity contribution in [3.05, 3.63) is 12.5 Å². The fraction of sp³-hybridized carbons (Fsp3) is 0.727. The molecule has 0 atom stereocenters. The van der Waals surface area contributed by atoms with Gasteiger partial charge < -0.3 is 14.5 Å². The summed E-state index contributed by atoms with van der Waals surface area (Å²) in [5, 5.41) is 0.0838. The van der Waals surface area contributed by atoms with Crippen LogP contribution in [-0.4, -0.2) is 62.2 Å². The lowest BCUT2D eigenvalue weighted by atomic mass is 10.6. The van der Waals surface area contributed by atoms with E-state index in [1.807, 2.05) is 13.8 Å². The number of sulfonamides is 1. The summed E-state index contributed by atoms with van der Waals surface area (Å²) in [7, 11) is -3.56. The van der Waals surface area contributed by atoms with Crippen LogP contribution in [0.3, 0.4) is 0 Å². The van der Waals surface area contributed by atoms with Gasteiger partial charge in [0.2, 0.25) is 0 Å². The fourth-order valence-electron chi connectivity index (χ4n) is 1.50. The number of hydrogen-bond acceptors (Lipinski definition) is 5. The van der Waals surface area contributed by atoms with Gasteiger partial charge in [-0.15, -0.1) is 0 Å². The molecule has 1 aromatic rings. The number of nitrogens with one attached hydrogen (secondary N) is 1. The number of nitrogens with zero attached hydrogens (tertiary/aromatic N) is 2. The quantitative estimate of drug-likeness (QED) is 0.634. The van der Waals surface area contributed by atoms with Crippen molar-refractivity contribution in [1.29, 1.82) is 0 Å². The molecule has 110 valence electrons. The van der Waals surface area contributed by atoms with Crippen LogP contribution < -0.4 is 0 Å². The number of imidazole rings is 1. The van der Waals surface area contributed by atoms with E-state index >= 15 is 0 Å². The van der Waals surface area contributed by atoms with Gasteiger partial charge in [-0.2, -0.15) is 4.31 Å². The molecule has 0 saturated heterocycles. The SMILES string of the molecule is CCOCCN(CCOCC)S(=O)(=O)c1cnc[nH]1. The van der Waals surface area contributed by atoms with Crippen LogP contribution in [0, 0.1) is 0 Å². The smallest absolute Gasteiger partial charge is 0.260 e. The molecule has 0 aliphatic rings. The normalized spacial score (nSPS) is 12.2. The monoisotopic (exact) mass is 291 g/mol. The lowest BCUT2D eigenvalue weighted by Gasteiger charge is -2.20. The molecule has 1 heterocycles. The number of H-pyrrole nitrogens is 1. The van der Waals surface area contributed by atoms with Crippen LogP contribution in [0.25, 0.3) is 0 Å². The Morgan fingerprint density at radius 1 is 1.21 bits per heavy atom. The summed E-state index contributed by atoms with van der Waals surface area (Å²) in [5.41, 5.74) is 0. The van der Waals surface area contributed by atoms with Crippen molar-refractivity contribution in [2.45, 2.75) is 18.9 Å². The molecule has 1 aromatic heterocycles. The molecule has 1 rings (SSSR count). The average molecular weight is 291 g/mol. The summed E-state index contributed by atoms with van der Waals surface area (Å²) in [6.45, 7) is 6.16. The molecule has 0 saturated carbocycles. The number of rotatable bonds is 10. The predicted octanol–water partition coefficient (Wildman–Crippen LogP) is 0.473. The molecule has 0 radical (unpaired) electrons. The van der Waals surface area contributed by atoms with Gasteiger partial charge in [-0.25, -0.2) is 13.4 Å². The van der Waals surface area contributed by atoms with Crippen LogP contribution in [0.5, 0.6) is 0 Å². The van der Waals surface area contributed by atoms with E-state index in [1.165, 1.54) is 16.8 Å². The van der Waals surface area contributed by atoms with Crippen molar-refractivity contribution in [2.24, 2.45) is 0 Å². The van der Waals surface area contributed by atoms with Crippen LogP contribution in [0.1, 0.15) is 13.8 Å². The third-order valence-corrected chi connectivity index (χ3v) is 4.29. The van der Waals surface area contributed by atoms with Gasteiger partial charge in [0.25, 0.3) is 10.0 Å². The van der Waals surface area contributed by atoms with Crippen molar-refractivity contribution in [1.82, 2.24) is 14.3 Å². The Balaban J connectivity index is 2.70. The topological polar surface area (TPSA) is 84.5 Å². The predicted molar refractivity (Wildman–Crippen MR) is 70.3 cm³/mol. The summed E-state index contributed by atoms with van der Waals surface area (Å²) >= 11 is 0. The lowest BCUT2D eigenvalue weighted by Crippen LogP contribution is -2.37. The second kappa shape index (κ2) is 8.26. The van der Waals surface area contributed by atoms with E-state index in [0.717, 1.165) is 0 Å². The van der Waals surface area contributed by atoms with E-state index in [9.17, 15) is 8.42 Å². The number of aromatic amines is 1. The summed E-state index contributed by atoms with van der Waals surface area (Å²) in [6, 6.07) is 0. The van der Waals surface area contributed by atoms with E-state index in [2.05, 4.69) is 9.97 Å². The minimum atomic E-state index is -3.56. The van der Waals surface area contributed by atoms with Gasteiger partial charge in [-0.3, -0.25) is 0 Å². The van der Waals surface area contributed by atoms with Gasteiger partial charge >= 0.3 is 0 Å². The van der Waals surface area contributed by atoms with E-state index < -0.39 is 10.0 Å². The summed E-state index contributed by atoms with van der Waals surface area (Å²) in [5.74, 6) is 0. The zero-order valence-corrected chi connectivity index (χ0v) is 12.1. The first kappa shape index (κ1) is 16.1. The van der Waals surface area contributed by atoms with Crippen LogP contribution in [-0.2, 0) is 19.5 Å². The standard InChI is InChI=1S/C11H21N3O4S/c1-3-17-7-5-14(6-8-18-4-2)19(15,16)11-9-12-10-13-11/h9-10H,3-8H2,1-2H3,(H,12,13). The Bertz CT molecular complexity index is 423. The maximum atomic E-state index is 12.3. The molecule has 0 aliphatic carbocycles. The molecule has 0 spiro atoms. The molecule has 7 nitrogen and oxygen atoms in total. The van der Waals surface area contributed by atoms with Gasteiger partial charge in [0.15, 0.2) is 5.03 Å². The first-order valence-electron chi connectivity index (χ1n) is 6.27. The second-order valence-electron chi connectivity index (χ2n) is 3.71. The minimum Gasteiger partial charge on any atom is -0.380 e. The van der Waals surface area contributed by atoms with Crippen LogP contribution in [0.2, 0.25) is 0 Å². The van der Waals surface area contributed by atoms with Gasteiger partial charge in [0.05, 0.1) is 25.7 Å². The Morgan fingerprint density at radius 2 is 1.79 bits per heavy atom. The summed E-state index contributed by atoms with van der Waals surface area (Å²) < 4.78 is 36.4. The van der Waals surface area contributed by atoms with Crippen molar-refractivity contribution in [3.8, 4) is 0 Å². The number of hydrogen-bond donors (Lipinski definition) is 1. The lowest BCUT2D eigenvalue weighted by molar-refractivity contribution is 0.110. The van der Waals surface area contributed by atoms with Crippen molar-refractivity contribution < 1.29 is 17.9 Å². The molecule has 19 heavy (non-hydrogen) atoms. The molecule has 0 fully saturated rings. The molecule has 0 amide bonds. The second-order valence-corrected chi connectivity index (χ2v) is 5.62. The van der Waals surface area contributed by atoms with Gasteiger partial charge in [0.1, 0.15) is 0 Å². The third-order valence-electron chi connectivity index (χ3n) is 2.47. The van der Waals surface area contributed by atoms with E-state index in [-0.39, 0.29) is 5.03 Å². The van der Waals surface area contributed by atoms with Gasteiger partial charge in [-0.1, -0.05) is 0 Å². The van der Waals surface area contributed by atoms with Crippen molar-refractivity contribution >= 4 is 10.0 Å². The van der Waals surface area contributed by atoms with Crippen LogP contribution in [0.15, 0.2) is 17.6 Å². The Kier molecular flexibility index (Phi) is 7.00. The fourth-order valence-corrected chi connectivity index (χ4v) is 2.80. The molecular formula is C11H21N3O4S. The summed E-state index contributed by atoms with van der Waals surface area (Å²) in [4.78, 5) is 6.36. The maximum Gasteiger partial charge on any atom is 0.260 e. The Labute approximate surface area is 114 Å². The maximum absolute atomic E-state index is 12.3. The zero-order valence-electron chi connectivity index (χ0n) is 11.3. The van der Waals surface area contributed by atoms with E-state index in [0.29, 0.717) is 39.5 Å². The highest BCUT2D eigenvalue weighted by Crippen LogP contribution is 2.11. The molecule has 0 unspecified atom stereocenters. The van der Waals surface area contributed by atoms with Gasteiger partial charge in [0, 0.05) is 26.3 Å². The van der Waals surface area contributed by atoms with E-state index in [4.69, 9.17) is 9.47 Å².